The van der Waals surface area contributed by atoms with Gasteiger partial charge in [0.1, 0.15) is 0 Å². The van der Waals surface area contributed by atoms with Gasteiger partial charge in [0.25, 0.3) is 11.8 Å². The number of carbonyl (C=O) groups excluding carboxylic acids is 3. The first-order valence-electron chi connectivity index (χ1n) is 6.69. The Morgan fingerprint density at radius 2 is 2.10 bits per heavy atom. The average Bonchev–Trinajstić information content (AvgIpc) is 3.14. The van der Waals surface area contributed by atoms with Gasteiger partial charge in [-0.15, -0.1) is 0 Å². The van der Waals surface area contributed by atoms with Crippen LogP contribution in [0.25, 0.3) is 0 Å². The van der Waals surface area contributed by atoms with E-state index in [4.69, 9.17) is 9.15 Å². The van der Waals surface area contributed by atoms with Crippen molar-refractivity contribution in [2.75, 3.05) is 26.2 Å². The average molecular weight is 295 g/mol. The molecule has 0 atom stereocenters. The fourth-order valence-corrected chi connectivity index (χ4v) is 2.00. The number of furan rings is 1. The van der Waals surface area contributed by atoms with E-state index >= 15 is 0 Å². The largest absolute Gasteiger partial charge is 0.459 e. The highest BCUT2D eigenvalue weighted by Crippen LogP contribution is 2.12. The zero-order chi connectivity index (χ0) is 15.2. The van der Waals surface area contributed by atoms with Gasteiger partial charge in [0.2, 0.25) is 0 Å². The first kappa shape index (κ1) is 14.9. The van der Waals surface area contributed by atoms with Crippen molar-refractivity contribution in [3.63, 3.8) is 0 Å². The number of nitrogens with zero attached hydrogens (tertiary/aromatic N) is 2. The summed E-state index contributed by atoms with van der Waals surface area (Å²) in [5, 5.41) is 5.00. The van der Waals surface area contributed by atoms with E-state index in [1.807, 2.05) is 0 Å². The molecule has 21 heavy (non-hydrogen) atoms. The second-order valence-electron chi connectivity index (χ2n) is 4.35. The lowest BCUT2D eigenvalue weighted by atomic mass is 10.4. The van der Waals surface area contributed by atoms with E-state index in [-0.39, 0.29) is 24.8 Å². The molecule has 114 valence electrons. The van der Waals surface area contributed by atoms with E-state index in [1.54, 1.807) is 13.0 Å². The van der Waals surface area contributed by atoms with Crippen LogP contribution in [-0.4, -0.2) is 54.2 Å². The number of nitrogens with one attached hydrogen (secondary N) is 1. The summed E-state index contributed by atoms with van der Waals surface area (Å²) in [6, 6.07) is 3.08. The van der Waals surface area contributed by atoms with E-state index in [0.29, 0.717) is 19.5 Å². The Morgan fingerprint density at radius 3 is 2.76 bits per heavy atom. The topological polar surface area (TPSA) is 92.1 Å². The van der Waals surface area contributed by atoms with Crippen LogP contribution in [0.5, 0.6) is 0 Å². The minimum absolute atomic E-state index is 0.131. The van der Waals surface area contributed by atoms with Gasteiger partial charge in [-0.1, -0.05) is 0 Å². The quantitative estimate of drug-likeness (QED) is 0.879. The maximum absolute atomic E-state index is 12.1. The van der Waals surface area contributed by atoms with Crippen LogP contribution >= 0.6 is 0 Å². The number of hydrogen-bond acceptors (Lipinski definition) is 5. The van der Waals surface area contributed by atoms with Gasteiger partial charge in [0.05, 0.1) is 19.4 Å². The number of rotatable bonds is 4. The van der Waals surface area contributed by atoms with E-state index in [1.165, 1.54) is 22.3 Å². The summed E-state index contributed by atoms with van der Waals surface area (Å²) in [7, 11) is 0. The summed E-state index contributed by atoms with van der Waals surface area (Å²) in [5.74, 6) is -0.720. The normalized spacial score (nSPS) is 14.1. The lowest BCUT2D eigenvalue weighted by molar-refractivity contribution is -0.140. The number of hydrogen-bond donors (Lipinski definition) is 1. The van der Waals surface area contributed by atoms with Crippen molar-refractivity contribution in [3.8, 4) is 0 Å². The molecule has 1 aliphatic heterocycles. The number of hydrazine groups is 1. The standard InChI is InChI=1S/C13H17N3O5/c1-2-20-13(19)16-7-4-6-15(16)11(17)9-14-12(18)10-5-3-8-21-10/h3,5,8H,2,4,6-7,9H2,1H3,(H,14,18). The molecule has 8 nitrogen and oxygen atoms in total. The third-order valence-electron chi connectivity index (χ3n) is 2.94. The number of carbonyl (C=O) groups is 3. The fourth-order valence-electron chi connectivity index (χ4n) is 2.00. The molecule has 1 aromatic rings. The van der Waals surface area contributed by atoms with Crippen molar-refractivity contribution in [1.29, 1.82) is 0 Å². The van der Waals surface area contributed by atoms with Gasteiger partial charge in [-0.05, 0) is 25.5 Å². The Bertz CT molecular complexity index is 514. The van der Waals surface area contributed by atoms with Crippen LogP contribution in [0.2, 0.25) is 0 Å². The van der Waals surface area contributed by atoms with E-state index in [0.717, 1.165) is 0 Å². The summed E-state index contributed by atoms with van der Waals surface area (Å²) in [5.41, 5.74) is 0. The summed E-state index contributed by atoms with van der Waals surface area (Å²) in [4.78, 5) is 35.4. The third kappa shape index (κ3) is 3.53. The van der Waals surface area contributed by atoms with Crippen LogP contribution in [0.3, 0.4) is 0 Å². The molecular formula is C13H17N3O5. The molecule has 1 N–H and O–H groups in total. The van der Waals surface area contributed by atoms with Gasteiger partial charge in [-0.2, -0.15) is 0 Å². The van der Waals surface area contributed by atoms with Crippen molar-refractivity contribution < 1.29 is 23.5 Å². The molecule has 1 fully saturated rings. The zero-order valence-electron chi connectivity index (χ0n) is 11.7. The maximum Gasteiger partial charge on any atom is 0.428 e. The van der Waals surface area contributed by atoms with Gasteiger partial charge < -0.3 is 14.5 Å². The van der Waals surface area contributed by atoms with Gasteiger partial charge in [-0.3, -0.25) is 9.59 Å². The third-order valence-corrected chi connectivity index (χ3v) is 2.94. The van der Waals surface area contributed by atoms with Crippen molar-refractivity contribution in [1.82, 2.24) is 15.3 Å². The van der Waals surface area contributed by atoms with E-state index < -0.39 is 12.0 Å². The first-order valence-corrected chi connectivity index (χ1v) is 6.69. The van der Waals surface area contributed by atoms with Crippen LogP contribution in [-0.2, 0) is 9.53 Å². The molecule has 3 amide bonds. The molecular weight excluding hydrogens is 278 g/mol. The smallest absolute Gasteiger partial charge is 0.428 e. The molecule has 0 aliphatic carbocycles. The molecule has 8 heteroatoms. The highest BCUT2D eigenvalue weighted by atomic mass is 16.6. The second kappa shape index (κ2) is 6.78. The predicted octanol–water partition coefficient (Wildman–Crippen LogP) is 0.615. The predicted molar refractivity (Wildman–Crippen MR) is 71.1 cm³/mol. The Morgan fingerprint density at radius 1 is 1.33 bits per heavy atom. The monoisotopic (exact) mass is 295 g/mol. The van der Waals surface area contributed by atoms with Crippen LogP contribution in [0.1, 0.15) is 23.9 Å². The maximum atomic E-state index is 12.1. The number of ether oxygens (including phenoxy) is 1. The Labute approximate surface area is 121 Å². The fraction of sp³-hybridized carbons (Fsp3) is 0.462. The summed E-state index contributed by atoms with van der Waals surface area (Å²) in [6.45, 7) is 2.58. The van der Waals surface area contributed by atoms with Gasteiger partial charge >= 0.3 is 6.09 Å². The molecule has 0 radical (unpaired) electrons. The summed E-state index contributed by atoms with van der Waals surface area (Å²) in [6.07, 6.45) is 1.50. The Hall–Kier alpha value is -2.51. The number of amides is 3. The lowest BCUT2D eigenvalue weighted by Crippen LogP contribution is -2.48. The second-order valence-corrected chi connectivity index (χ2v) is 4.35. The molecule has 2 rings (SSSR count). The molecule has 0 aromatic carbocycles. The molecule has 1 aromatic heterocycles. The molecule has 2 heterocycles. The van der Waals surface area contributed by atoms with Crippen LogP contribution < -0.4 is 5.32 Å². The van der Waals surface area contributed by atoms with Crippen LogP contribution in [0.15, 0.2) is 22.8 Å². The highest BCUT2D eigenvalue weighted by Gasteiger charge is 2.31. The van der Waals surface area contributed by atoms with E-state index in [9.17, 15) is 14.4 Å². The highest BCUT2D eigenvalue weighted by molar-refractivity contribution is 5.94. The summed E-state index contributed by atoms with van der Waals surface area (Å²) < 4.78 is 9.80. The van der Waals surface area contributed by atoms with Gasteiger partial charge in [0.15, 0.2) is 5.76 Å². The van der Waals surface area contributed by atoms with Crippen molar-refractivity contribution >= 4 is 17.9 Å². The van der Waals surface area contributed by atoms with Crippen LogP contribution in [0.4, 0.5) is 4.79 Å². The first-order chi connectivity index (χ1) is 10.1. The molecule has 1 saturated heterocycles. The molecule has 0 spiro atoms. The SMILES string of the molecule is CCOC(=O)N1CCCN1C(=O)CNC(=O)c1ccco1. The van der Waals surface area contributed by atoms with Crippen molar-refractivity contribution in [2.24, 2.45) is 0 Å². The Kier molecular flexibility index (Phi) is 4.81. The van der Waals surface area contributed by atoms with Crippen molar-refractivity contribution in [3.05, 3.63) is 24.2 Å². The van der Waals surface area contributed by atoms with Crippen molar-refractivity contribution in [2.45, 2.75) is 13.3 Å². The lowest BCUT2D eigenvalue weighted by Gasteiger charge is -2.26. The Balaban J connectivity index is 1.87. The van der Waals surface area contributed by atoms with Crippen LogP contribution in [0, 0.1) is 0 Å². The van der Waals surface area contributed by atoms with E-state index in [2.05, 4.69) is 5.32 Å². The minimum Gasteiger partial charge on any atom is -0.459 e. The summed E-state index contributed by atoms with van der Waals surface area (Å²) >= 11 is 0. The van der Waals surface area contributed by atoms with Gasteiger partial charge in [0, 0.05) is 13.1 Å². The van der Waals surface area contributed by atoms with Gasteiger partial charge in [-0.25, -0.2) is 14.8 Å². The minimum atomic E-state index is -0.555. The molecule has 0 saturated carbocycles. The molecule has 0 unspecified atom stereocenters. The molecule has 0 bridgehead atoms. The molecule has 1 aliphatic rings. The zero-order valence-corrected chi connectivity index (χ0v) is 11.7.